The molecule has 0 saturated heterocycles. The minimum Gasteiger partial charge on any atom is -0.351 e. The summed E-state index contributed by atoms with van der Waals surface area (Å²) >= 11 is 1.36. The van der Waals surface area contributed by atoms with Crippen LogP contribution in [0.1, 0.15) is 16.2 Å². The summed E-state index contributed by atoms with van der Waals surface area (Å²) in [5.41, 5.74) is -0.176. The van der Waals surface area contributed by atoms with Crippen molar-refractivity contribution in [3.05, 3.63) is 41.2 Å². The molecule has 0 aliphatic carbocycles. The van der Waals surface area contributed by atoms with Gasteiger partial charge in [-0.2, -0.15) is 0 Å². The molecule has 1 aromatic carbocycles. The van der Waals surface area contributed by atoms with Crippen molar-refractivity contribution in [1.82, 2.24) is 20.5 Å². The topological polar surface area (TPSA) is 70.7 Å². The van der Waals surface area contributed by atoms with E-state index < -0.39 is 17.5 Å². The van der Waals surface area contributed by atoms with Crippen LogP contribution in [0.4, 0.5) is 8.78 Å². The molecule has 1 amide bonds. The zero-order valence-electron chi connectivity index (χ0n) is 10.6. The average molecular weight is 298 g/mol. The molecule has 106 valence electrons. The summed E-state index contributed by atoms with van der Waals surface area (Å²) in [4.78, 5) is 15.8. The number of rotatable bonds is 5. The summed E-state index contributed by atoms with van der Waals surface area (Å²) < 4.78 is 26.1. The lowest BCUT2D eigenvalue weighted by Gasteiger charge is -2.05. The second kappa shape index (κ2) is 6.47. The van der Waals surface area contributed by atoms with Crippen LogP contribution < -0.4 is 5.32 Å². The molecule has 0 atom stereocenters. The zero-order chi connectivity index (χ0) is 14.5. The van der Waals surface area contributed by atoms with Crippen LogP contribution in [0.5, 0.6) is 0 Å². The number of carbonyl (C=O) groups excluding carboxylic acids is 1. The maximum absolute atomic E-state index is 13.3. The van der Waals surface area contributed by atoms with Crippen LogP contribution in [-0.4, -0.2) is 33.4 Å². The van der Waals surface area contributed by atoms with Gasteiger partial charge in [-0.25, -0.2) is 13.8 Å². The van der Waals surface area contributed by atoms with Gasteiger partial charge in [-0.3, -0.25) is 9.89 Å². The normalized spacial score (nSPS) is 10.6. The van der Waals surface area contributed by atoms with Gasteiger partial charge in [-0.05, 0) is 19.1 Å². The van der Waals surface area contributed by atoms with E-state index in [4.69, 9.17) is 0 Å². The Bertz CT molecular complexity index is 617. The summed E-state index contributed by atoms with van der Waals surface area (Å²) in [6, 6.07) is 2.84. The second-order valence-electron chi connectivity index (χ2n) is 3.93. The minimum absolute atomic E-state index is 0.176. The number of H-pyrrole nitrogens is 1. The van der Waals surface area contributed by atoms with Gasteiger partial charge in [0.1, 0.15) is 17.5 Å². The van der Waals surface area contributed by atoms with Gasteiger partial charge in [0.25, 0.3) is 5.91 Å². The quantitative estimate of drug-likeness (QED) is 0.653. The van der Waals surface area contributed by atoms with Crippen molar-refractivity contribution in [1.29, 1.82) is 0 Å². The Morgan fingerprint density at radius 1 is 1.45 bits per heavy atom. The standard InChI is InChI=1S/C12H12F2N4OS/c1-7-16-12(18-17-7)20-5-4-15-11(19)9-3-2-8(13)6-10(9)14/h2-3,6H,4-5H2,1H3,(H,15,19)(H,16,17,18). The summed E-state index contributed by atoms with van der Waals surface area (Å²) in [6.07, 6.45) is 0. The SMILES string of the molecule is Cc1nc(SCCNC(=O)c2ccc(F)cc2F)n[nH]1. The Balaban J connectivity index is 1.80. The molecule has 20 heavy (non-hydrogen) atoms. The number of halogens is 2. The molecular formula is C12H12F2N4OS. The number of aromatic nitrogens is 3. The third kappa shape index (κ3) is 3.77. The van der Waals surface area contributed by atoms with Crippen LogP contribution in [0.25, 0.3) is 0 Å². The van der Waals surface area contributed by atoms with E-state index in [9.17, 15) is 13.6 Å². The van der Waals surface area contributed by atoms with E-state index in [0.717, 1.165) is 12.1 Å². The molecule has 0 radical (unpaired) electrons. The fourth-order valence-electron chi connectivity index (χ4n) is 1.46. The van der Waals surface area contributed by atoms with Crippen molar-refractivity contribution >= 4 is 17.7 Å². The van der Waals surface area contributed by atoms with Crippen LogP contribution in [0.3, 0.4) is 0 Å². The molecule has 8 heteroatoms. The Hall–Kier alpha value is -1.96. The van der Waals surface area contributed by atoms with E-state index in [2.05, 4.69) is 20.5 Å². The summed E-state index contributed by atoms with van der Waals surface area (Å²) in [6.45, 7) is 2.12. The first-order valence-electron chi connectivity index (χ1n) is 5.81. The molecule has 0 fully saturated rings. The summed E-state index contributed by atoms with van der Waals surface area (Å²) in [7, 11) is 0. The predicted octanol–water partition coefficient (Wildman–Crippen LogP) is 1.91. The maximum atomic E-state index is 13.3. The predicted molar refractivity (Wildman–Crippen MR) is 70.5 cm³/mol. The van der Waals surface area contributed by atoms with E-state index in [1.165, 1.54) is 11.8 Å². The van der Waals surface area contributed by atoms with Crippen molar-refractivity contribution in [2.75, 3.05) is 12.3 Å². The van der Waals surface area contributed by atoms with Crippen LogP contribution >= 0.6 is 11.8 Å². The number of thioether (sulfide) groups is 1. The number of benzene rings is 1. The molecule has 0 aliphatic heterocycles. The molecule has 1 heterocycles. The van der Waals surface area contributed by atoms with E-state index in [1.807, 2.05) is 0 Å². The molecule has 2 aromatic rings. The Morgan fingerprint density at radius 3 is 2.90 bits per heavy atom. The molecule has 2 rings (SSSR count). The van der Waals surface area contributed by atoms with Crippen molar-refractivity contribution in [3.63, 3.8) is 0 Å². The first-order chi connectivity index (χ1) is 9.56. The minimum atomic E-state index is -0.875. The van der Waals surface area contributed by atoms with Crippen molar-refractivity contribution in [2.24, 2.45) is 0 Å². The highest BCUT2D eigenvalue weighted by atomic mass is 32.2. The highest BCUT2D eigenvalue weighted by Gasteiger charge is 2.11. The third-order valence-electron chi connectivity index (χ3n) is 2.37. The molecule has 5 nitrogen and oxygen atoms in total. The van der Waals surface area contributed by atoms with E-state index in [0.29, 0.717) is 29.3 Å². The van der Waals surface area contributed by atoms with Gasteiger partial charge in [0.05, 0.1) is 5.56 Å². The van der Waals surface area contributed by atoms with E-state index >= 15 is 0 Å². The van der Waals surface area contributed by atoms with Gasteiger partial charge < -0.3 is 5.32 Å². The molecule has 2 N–H and O–H groups in total. The molecule has 0 aliphatic rings. The lowest BCUT2D eigenvalue weighted by molar-refractivity contribution is 0.0952. The Kier molecular flexibility index (Phi) is 4.67. The number of aromatic amines is 1. The first kappa shape index (κ1) is 14.4. The largest absolute Gasteiger partial charge is 0.351 e. The van der Waals surface area contributed by atoms with Gasteiger partial charge >= 0.3 is 0 Å². The number of nitrogens with zero attached hydrogens (tertiary/aromatic N) is 2. The third-order valence-corrected chi connectivity index (χ3v) is 3.22. The van der Waals surface area contributed by atoms with Crippen LogP contribution in [-0.2, 0) is 0 Å². The average Bonchev–Trinajstić information content (AvgIpc) is 2.80. The molecule has 0 spiro atoms. The van der Waals surface area contributed by atoms with Gasteiger partial charge in [0.15, 0.2) is 0 Å². The van der Waals surface area contributed by atoms with Gasteiger partial charge in [-0.1, -0.05) is 11.8 Å². The Morgan fingerprint density at radius 2 is 2.25 bits per heavy atom. The molecule has 0 saturated carbocycles. The van der Waals surface area contributed by atoms with Gasteiger partial charge in [-0.15, -0.1) is 5.10 Å². The summed E-state index contributed by atoms with van der Waals surface area (Å²) in [5, 5.41) is 9.77. The summed E-state index contributed by atoms with van der Waals surface area (Å²) in [5.74, 6) is -0.903. The number of aryl methyl sites for hydroxylation is 1. The van der Waals surface area contributed by atoms with E-state index in [1.54, 1.807) is 6.92 Å². The molecule has 1 aromatic heterocycles. The zero-order valence-corrected chi connectivity index (χ0v) is 11.4. The Labute approximate surface area is 118 Å². The monoisotopic (exact) mass is 298 g/mol. The lowest BCUT2D eigenvalue weighted by atomic mass is 10.2. The van der Waals surface area contributed by atoms with Gasteiger partial charge in [0, 0.05) is 18.4 Å². The maximum Gasteiger partial charge on any atom is 0.254 e. The fourth-order valence-corrected chi connectivity index (χ4v) is 2.16. The first-order valence-corrected chi connectivity index (χ1v) is 6.80. The highest BCUT2D eigenvalue weighted by Crippen LogP contribution is 2.11. The number of hydrogen-bond donors (Lipinski definition) is 2. The van der Waals surface area contributed by atoms with E-state index in [-0.39, 0.29) is 5.56 Å². The van der Waals surface area contributed by atoms with Gasteiger partial charge in [0.2, 0.25) is 5.16 Å². The van der Waals surface area contributed by atoms with Crippen LogP contribution in [0.2, 0.25) is 0 Å². The second-order valence-corrected chi connectivity index (χ2v) is 4.99. The number of amides is 1. The van der Waals surface area contributed by atoms with Crippen molar-refractivity contribution < 1.29 is 13.6 Å². The number of nitrogens with one attached hydrogen (secondary N) is 2. The number of hydrogen-bond acceptors (Lipinski definition) is 4. The lowest BCUT2D eigenvalue weighted by Crippen LogP contribution is -2.26. The highest BCUT2D eigenvalue weighted by molar-refractivity contribution is 7.99. The molecule has 0 unspecified atom stereocenters. The molecular weight excluding hydrogens is 286 g/mol. The van der Waals surface area contributed by atoms with Crippen LogP contribution in [0, 0.1) is 18.6 Å². The molecule has 0 bridgehead atoms. The smallest absolute Gasteiger partial charge is 0.254 e. The van der Waals surface area contributed by atoms with Crippen LogP contribution in [0.15, 0.2) is 23.4 Å². The van der Waals surface area contributed by atoms with Crippen molar-refractivity contribution in [2.45, 2.75) is 12.1 Å². The fraction of sp³-hybridized carbons (Fsp3) is 0.250. The number of carbonyl (C=O) groups is 1. The van der Waals surface area contributed by atoms with Crippen molar-refractivity contribution in [3.8, 4) is 0 Å².